The lowest BCUT2D eigenvalue weighted by Gasteiger charge is -2.15. The van der Waals surface area contributed by atoms with Gasteiger partial charge in [-0.1, -0.05) is 0 Å². The van der Waals surface area contributed by atoms with Crippen LogP contribution in [0.2, 0.25) is 0 Å². The molecule has 17 heavy (non-hydrogen) atoms. The molecule has 0 atom stereocenters. The second-order valence-electron chi connectivity index (χ2n) is 4.24. The Kier molecular flexibility index (Phi) is 3.43. The summed E-state index contributed by atoms with van der Waals surface area (Å²) < 4.78 is 11.6. The van der Waals surface area contributed by atoms with Crippen LogP contribution < -0.4 is 9.47 Å². The van der Waals surface area contributed by atoms with Crippen LogP contribution in [0.1, 0.15) is 18.4 Å². The van der Waals surface area contributed by atoms with Crippen molar-refractivity contribution in [2.24, 2.45) is 4.99 Å². The molecule has 1 aliphatic carbocycles. The van der Waals surface area contributed by atoms with Gasteiger partial charge in [-0.2, -0.15) is 0 Å². The van der Waals surface area contributed by atoms with Crippen LogP contribution in [-0.2, 0) is 5.41 Å². The zero-order chi connectivity index (χ0) is 12.5. The Balaban J connectivity index is 2.47. The van der Waals surface area contributed by atoms with Gasteiger partial charge in [0.1, 0.15) is 0 Å². The third kappa shape index (κ3) is 2.18. The number of ether oxygens (including phenoxy) is 2. The number of benzene rings is 1. The first-order valence-electron chi connectivity index (χ1n) is 5.52. The molecule has 1 aliphatic rings. The number of halogens is 1. The van der Waals surface area contributed by atoms with Gasteiger partial charge >= 0.3 is 0 Å². The van der Waals surface area contributed by atoms with Crippen molar-refractivity contribution in [3.05, 3.63) is 22.2 Å². The molecule has 0 saturated heterocycles. The normalized spacial score (nSPS) is 17.2. The van der Waals surface area contributed by atoms with E-state index in [1.54, 1.807) is 14.2 Å². The molecule has 0 bridgehead atoms. The van der Waals surface area contributed by atoms with Crippen molar-refractivity contribution in [1.82, 2.24) is 0 Å². The fourth-order valence-corrected chi connectivity index (χ4v) is 2.68. The van der Waals surface area contributed by atoms with Crippen LogP contribution in [-0.4, -0.2) is 27.5 Å². The maximum atomic E-state index is 5.36. The lowest BCUT2D eigenvalue weighted by atomic mass is 9.97. The maximum absolute atomic E-state index is 5.36. The van der Waals surface area contributed by atoms with Gasteiger partial charge in [-0.25, -0.2) is 0 Å². The average molecular weight is 298 g/mol. The van der Waals surface area contributed by atoms with Crippen LogP contribution in [0.25, 0.3) is 0 Å². The van der Waals surface area contributed by atoms with Crippen LogP contribution in [0.4, 0.5) is 0 Å². The summed E-state index contributed by atoms with van der Waals surface area (Å²) in [5, 5.41) is 0. The van der Waals surface area contributed by atoms with Crippen molar-refractivity contribution in [3.63, 3.8) is 0 Å². The molecule has 4 heteroatoms. The zero-order valence-electron chi connectivity index (χ0n) is 10.3. The lowest BCUT2D eigenvalue weighted by Crippen LogP contribution is -2.09. The Morgan fingerprint density at radius 1 is 1.29 bits per heavy atom. The predicted molar refractivity (Wildman–Crippen MR) is 72.6 cm³/mol. The van der Waals surface area contributed by atoms with E-state index in [2.05, 4.69) is 27.0 Å². The number of nitrogens with zero attached hydrogens (tertiary/aromatic N) is 1. The Labute approximate surface area is 110 Å². The molecule has 1 saturated carbocycles. The number of hydrogen-bond acceptors (Lipinski definition) is 3. The summed E-state index contributed by atoms with van der Waals surface area (Å²) in [5.74, 6) is 1.49. The monoisotopic (exact) mass is 297 g/mol. The van der Waals surface area contributed by atoms with Gasteiger partial charge in [-0.3, -0.25) is 4.99 Å². The van der Waals surface area contributed by atoms with Gasteiger partial charge < -0.3 is 9.47 Å². The molecule has 0 N–H and O–H groups in total. The summed E-state index contributed by atoms with van der Waals surface area (Å²) in [5.41, 5.74) is 1.34. The molecule has 1 aromatic rings. The number of hydrogen-bond donors (Lipinski definition) is 0. The molecular weight excluding hydrogens is 282 g/mol. The summed E-state index contributed by atoms with van der Waals surface area (Å²) >= 11 is 3.52. The molecule has 0 aromatic heterocycles. The van der Waals surface area contributed by atoms with Gasteiger partial charge in [0.15, 0.2) is 11.5 Å². The van der Waals surface area contributed by atoms with E-state index in [1.165, 1.54) is 5.56 Å². The Hall–Kier alpha value is -1.03. The molecule has 0 spiro atoms. The molecule has 0 amide bonds. The average Bonchev–Trinajstić information content (AvgIpc) is 3.09. The second kappa shape index (κ2) is 4.69. The van der Waals surface area contributed by atoms with Gasteiger partial charge in [0.05, 0.1) is 18.7 Å². The standard InChI is InChI=1S/C13H16BrNO2/c1-15-8-13(4-5-13)9-6-10(14)12(17-3)11(7-9)16-2/h6-8H,4-5H2,1-3H3. The first-order chi connectivity index (χ1) is 8.16. The van der Waals surface area contributed by atoms with E-state index in [4.69, 9.17) is 9.47 Å². The van der Waals surface area contributed by atoms with Gasteiger partial charge in [-0.15, -0.1) is 0 Å². The maximum Gasteiger partial charge on any atom is 0.174 e. The highest BCUT2D eigenvalue weighted by molar-refractivity contribution is 9.10. The highest BCUT2D eigenvalue weighted by Crippen LogP contribution is 2.50. The third-order valence-corrected chi connectivity index (χ3v) is 3.76. The smallest absolute Gasteiger partial charge is 0.174 e. The van der Waals surface area contributed by atoms with E-state index in [1.807, 2.05) is 19.3 Å². The second-order valence-corrected chi connectivity index (χ2v) is 5.09. The van der Waals surface area contributed by atoms with Crippen LogP contribution in [0.15, 0.2) is 21.6 Å². The molecule has 92 valence electrons. The minimum Gasteiger partial charge on any atom is -0.493 e. The molecular formula is C13H16BrNO2. The molecule has 0 unspecified atom stereocenters. The summed E-state index contributed by atoms with van der Waals surface area (Å²) in [4.78, 5) is 4.16. The van der Waals surface area contributed by atoms with E-state index >= 15 is 0 Å². The van der Waals surface area contributed by atoms with Crippen LogP contribution in [0.5, 0.6) is 11.5 Å². The Morgan fingerprint density at radius 3 is 2.47 bits per heavy atom. The van der Waals surface area contributed by atoms with E-state index in [0.717, 1.165) is 28.8 Å². The summed E-state index contributed by atoms with van der Waals surface area (Å²) in [6, 6.07) is 4.13. The first kappa shape index (κ1) is 12.4. The van der Waals surface area contributed by atoms with Crippen molar-refractivity contribution in [2.75, 3.05) is 21.3 Å². The molecule has 1 fully saturated rings. The van der Waals surface area contributed by atoms with Gasteiger partial charge in [-0.05, 0) is 46.5 Å². The van der Waals surface area contributed by atoms with Crippen molar-refractivity contribution >= 4 is 22.1 Å². The highest BCUT2D eigenvalue weighted by Gasteiger charge is 2.43. The van der Waals surface area contributed by atoms with Crippen molar-refractivity contribution < 1.29 is 9.47 Å². The highest BCUT2D eigenvalue weighted by atomic mass is 79.9. The molecule has 3 nitrogen and oxygen atoms in total. The van der Waals surface area contributed by atoms with Crippen LogP contribution in [0, 0.1) is 0 Å². The number of methoxy groups -OCH3 is 2. The van der Waals surface area contributed by atoms with Gasteiger partial charge in [0.25, 0.3) is 0 Å². The van der Waals surface area contributed by atoms with Crippen LogP contribution in [0.3, 0.4) is 0 Å². The molecule has 2 rings (SSSR count). The van der Waals surface area contributed by atoms with E-state index in [0.29, 0.717) is 0 Å². The molecule has 0 aliphatic heterocycles. The molecule has 0 heterocycles. The summed E-state index contributed by atoms with van der Waals surface area (Å²) in [6.07, 6.45) is 4.32. The first-order valence-corrected chi connectivity index (χ1v) is 6.31. The van der Waals surface area contributed by atoms with Crippen molar-refractivity contribution in [1.29, 1.82) is 0 Å². The fraction of sp³-hybridized carbons (Fsp3) is 0.462. The quantitative estimate of drug-likeness (QED) is 0.799. The topological polar surface area (TPSA) is 30.8 Å². The molecule has 0 radical (unpaired) electrons. The third-order valence-electron chi connectivity index (χ3n) is 3.17. The number of rotatable bonds is 4. The minimum absolute atomic E-state index is 0.108. The van der Waals surface area contributed by atoms with E-state index in [-0.39, 0.29) is 5.41 Å². The lowest BCUT2D eigenvalue weighted by molar-refractivity contribution is 0.352. The Bertz CT molecular complexity index is 453. The summed E-state index contributed by atoms with van der Waals surface area (Å²) in [6.45, 7) is 0. The van der Waals surface area contributed by atoms with Crippen LogP contribution >= 0.6 is 15.9 Å². The van der Waals surface area contributed by atoms with Crippen molar-refractivity contribution in [2.45, 2.75) is 18.3 Å². The van der Waals surface area contributed by atoms with E-state index in [9.17, 15) is 0 Å². The summed E-state index contributed by atoms with van der Waals surface area (Å²) in [7, 11) is 5.11. The van der Waals surface area contributed by atoms with Gasteiger partial charge in [0, 0.05) is 18.7 Å². The van der Waals surface area contributed by atoms with Gasteiger partial charge in [0.2, 0.25) is 0 Å². The fourth-order valence-electron chi connectivity index (χ4n) is 2.08. The number of aliphatic imine (C=N–C) groups is 1. The Morgan fingerprint density at radius 2 is 2.00 bits per heavy atom. The predicted octanol–water partition coefficient (Wildman–Crippen LogP) is 3.20. The zero-order valence-corrected chi connectivity index (χ0v) is 11.9. The van der Waals surface area contributed by atoms with Crippen molar-refractivity contribution in [3.8, 4) is 11.5 Å². The van der Waals surface area contributed by atoms with E-state index < -0.39 is 0 Å². The SMILES string of the molecule is CN=CC1(c2cc(Br)c(OC)c(OC)c2)CC1. The largest absolute Gasteiger partial charge is 0.493 e. The minimum atomic E-state index is 0.108. The molecule has 1 aromatic carbocycles.